The SMILES string of the molecule is O=C(c1ccc(OCCCBr)cc1)c1c(-c2ccccc2Br)cc2ccccn12. The molecule has 0 aliphatic rings. The summed E-state index contributed by atoms with van der Waals surface area (Å²) in [5, 5.41) is 0.905. The molecule has 146 valence electrons. The normalized spacial score (nSPS) is 11.0. The van der Waals surface area contributed by atoms with Crippen LogP contribution in [-0.2, 0) is 0 Å². The molecule has 0 aliphatic heterocycles. The lowest BCUT2D eigenvalue weighted by molar-refractivity contribution is 0.103. The topological polar surface area (TPSA) is 30.7 Å². The molecular weight excluding hydrogens is 494 g/mol. The molecule has 0 saturated carbocycles. The third kappa shape index (κ3) is 4.16. The molecule has 4 aromatic rings. The molecule has 2 aromatic heterocycles. The standard InChI is InChI=1S/C24H19Br2NO2/c25-13-5-15-29-19-11-9-17(10-12-19)24(28)23-21(20-7-1-2-8-22(20)26)16-18-6-3-4-14-27(18)23/h1-4,6-12,14,16H,5,13,15H2. The fourth-order valence-corrected chi connectivity index (χ4v) is 4.05. The predicted molar refractivity (Wildman–Crippen MR) is 124 cm³/mol. The van der Waals surface area contributed by atoms with Gasteiger partial charge in [0.1, 0.15) is 11.4 Å². The minimum absolute atomic E-state index is 0.0195. The van der Waals surface area contributed by atoms with Crippen LogP contribution in [0.2, 0.25) is 0 Å². The number of carbonyl (C=O) groups excluding carboxylic acids is 1. The van der Waals surface area contributed by atoms with Gasteiger partial charge in [0.2, 0.25) is 5.78 Å². The van der Waals surface area contributed by atoms with Crippen molar-refractivity contribution in [2.75, 3.05) is 11.9 Å². The molecule has 0 radical (unpaired) electrons. The number of hydrogen-bond donors (Lipinski definition) is 0. The van der Waals surface area contributed by atoms with Crippen molar-refractivity contribution in [1.82, 2.24) is 4.40 Å². The first-order chi connectivity index (χ1) is 14.2. The lowest BCUT2D eigenvalue weighted by atomic mass is 10.0. The van der Waals surface area contributed by atoms with Crippen molar-refractivity contribution in [1.29, 1.82) is 0 Å². The summed E-state index contributed by atoms with van der Waals surface area (Å²) in [6.07, 6.45) is 2.87. The maximum atomic E-state index is 13.5. The van der Waals surface area contributed by atoms with Crippen LogP contribution in [0.4, 0.5) is 0 Å². The Morgan fingerprint density at radius 3 is 2.45 bits per heavy atom. The summed E-state index contributed by atoms with van der Waals surface area (Å²) in [6, 6.07) is 23.3. The van der Waals surface area contributed by atoms with Crippen LogP contribution in [0.1, 0.15) is 22.5 Å². The van der Waals surface area contributed by atoms with Gasteiger partial charge in [-0.2, -0.15) is 0 Å². The Morgan fingerprint density at radius 2 is 1.69 bits per heavy atom. The number of halogens is 2. The van der Waals surface area contributed by atoms with Crippen molar-refractivity contribution in [3.05, 3.63) is 94.7 Å². The largest absolute Gasteiger partial charge is 0.494 e. The van der Waals surface area contributed by atoms with Gasteiger partial charge in [-0.25, -0.2) is 0 Å². The van der Waals surface area contributed by atoms with Crippen LogP contribution in [0.25, 0.3) is 16.6 Å². The molecule has 2 heterocycles. The molecule has 0 bridgehead atoms. The molecule has 0 aliphatic carbocycles. The lowest BCUT2D eigenvalue weighted by Gasteiger charge is -2.09. The summed E-state index contributed by atoms with van der Waals surface area (Å²) < 4.78 is 8.61. The van der Waals surface area contributed by atoms with Gasteiger partial charge in [0, 0.05) is 32.6 Å². The van der Waals surface area contributed by atoms with Gasteiger partial charge in [-0.05, 0) is 60.5 Å². The summed E-state index contributed by atoms with van der Waals surface area (Å²) in [4.78, 5) is 13.5. The fraction of sp³-hybridized carbons (Fsp3) is 0.125. The van der Waals surface area contributed by atoms with Crippen molar-refractivity contribution < 1.29 is 9.53 Å². The van der Waals surface area contributed by atoms with Gasteiger partial charge in [0.05, 0.1) is 6.61 Å². The number of hydrogen-bond acceptors (Lipinski definition) is 2. The molecular formula is C24H19Br2NO2. The van der Waals surface area contributed by atoms with Crippen molar-refractivity contribution in [2.24, 2.45) is 0 Å². The third-order valence-electron chi connectivity index (χ3n) is 4.72. The minimum atomic E-state index is -0.0195. The van der Waals surface area contributed by atoms with Crippen molar-refractivity contribution >= 4 is 43.2 Å². The van der Waals surface area contributed by atoms with E-state index in [1.54, 1.807) is 0 Å². The highest BCUT2D eigenvalue weighted by Gasteiger charge is 2.21. The second-order valence-corrected chi connectivity index (χ2v) is 8.27. The predicted octanol–water partition coefficient (Wildman–Crippen LogP) is 6.76. The number of ether oxygens (including phenoxy) is 1. The number of aromatic nitrogens is 1. The first-order valence-electron chi connectivity index (χ1n) is 9.37. The van der Waals surface area contributed by atoms with Crippen LogP contribution >= 0.6 is 31.9 Å². The average Bonchev–Trinajstić information content (AvgIpc) is 3.13. The van der Waals surface area contributed by atoms with E-state index in [-0.39, 0.29) is 5.78 Å². The molecule has 0 spiro atoms. The molecule has 0 unspecified atom stereocenters. The van der Waals surface area contributed by atoms with E-state index in [0.29, 0.717) is 17.9 Å². The van der Waals surface area contributed by atoms with E-state index < -0.39 is 0 Å². The number of nitrogens with zero attached hydrogens (tertiary/aromatic N) is 1. The molecule has 29 heavy (non-hydrogen) atoms. The second kappa shape index (κ2) is 8.97. The Morgan fingerprint density at radius 1 is 0.931 bits per heavy atom. The van der Waals surface area contributed by atoms with E-state index in [4.69, 9.17) is 4.74 Å². The Kier molecular flexibility index (Phi) is 6.16. The Balaban J connectivity index is 1.76. The van der Waals surface area contributed by atoms with Gasteiger partial charge in [0.25, 0.3) is 0 Å². The number of alkyl halides is 1. The molecule has 5 heteroatoms. The molecule has 0 atom stereocenters. The number of benzene rings is 2. The number of ketones is 1. The molecule has 2 aromatic carbocycles. The number of fused-ring (bicyclic) bond motifs is 1. The Bertz CT molecular complexity index is 1150. The highest BCUT2D eigenvalue weighted by Crippen LogP contribution is 2.34. The van der Waals surface area contributed by atoms with Crippen molar-refractivity contribution in [2.45, 2.75) is 6.42 Å². The first-order valence-corrected chi connectivity index (χ1v) is 11.3. The van der Waals surface area contributed by atoms with E-state index in [2.05, 4.69) is 37.9 Å². The quantitative estimate of drug-likeness (QED) is 0.155. The smallest absolute Gasteiger partial charge is 0.210 e. The molecule has 0 fully saturated rings. The zero-order valence-electron chi connectivity index (χ0n) is 15.6. The highest BCUT2D eigenvalue weighted by molar-refractivity contribution is 9.10. The van der Waals surface area contributed by atoms with E-state index >= 15 is 0 Å². The van der Waals surface area contributed by atoms with E-state index in [1.807, 2.05) is 77.3 Å². The van der Waals surface area contributed by atoms with Gasteiger partial charge in [0.15, 0.2) is 0 Å². The van der Waals surface area contributed by atoms with Gasteiger partial charge in [-0.1, -0.05) is 56.1 Å². The summed E-state index contributed by atoms with van der Waals surface area (Å²) in [5.41, 5.74) is 4.17. The summed E-state index contributed by atoms with van der Waals surface area (Å²) in [5.74, 6) is 0.752. The number of carbonyl (C=O) groups is 1. The van der Waals surface area contributed by atoms with Crippen LogP contribution in [0, 0.1) is 0 Å². The monoisotopic (exact) mass is 511 g/mol. The zero-order chi connectivity index (χ0) is 20.2. The maximum Gasteiger partial charge on any atom is 0.210 e. The summed E-state index contributed by atoms with van der Waals surface area (Å²) in [7, 11) is 0. The van der Waals surface area contributed by atoms with Crippen LogP contribution in [0.3, 0.4) is 0 Å². The van der Waals surface area contributed by atoms with Gasteiger partial charge in [-0.3, -0.25) is 4.79 Å². The van der Waals surface area contributed by atoms with Gasteiger partial charge < -0.3 is 9.14 Å². The van der Waals surface area contributed by atoms with Crippen LogP contribution in [0.5, 0.6) is 5.75 Å². The first kappa shape index (κ1) is 19.9. The van der Waals surface area contributed by atoms with Gasteiger partial charge >= 0.3 is 0 Å². The second-order valence-electron chi connectivity index (χ2n) is 6.63. The summed E-state index contributed by atoms with van der Waals surface area (Å²) in [6.45, 7) is 0.647. The number of pyridine rings is 1. The molecule has 0 N–H and O–H groups in total. The van der Waals surface area contributed by atoms with E-state index in [0.717, 1.165) is 38.6 Å². The molecule has 3 nitrogen and oxygen atoms in total. The van der Waals surface area contributed by atoms with Gasteiger partial charge in [-0.15, -0.1) is 0 Å². The van der Waals surface area contributed by atoms with E-state index in [9.17, 15) is 4.79 Å². The zero-order valence-corrected chi connectivity index (χ0v) is 18.8. The highest BCUT2D eigenvalue weighted by atomic mass is 79.9. The van der Waals surface area contributed by atoms with Crippen LogP contribution < -0.4 is 4.74 Å². The van der Waals surface area contributed by atoms with Crippen molar-refractivity contribution in [3.63, 3.8) is 0 Å². The number of rotatable bonds is 7. The third-order valence-corrected chi connectivity index (χ3v) is 5.97. The molecule has 0 saturated heterocycles. The van der Waals surface area contributed by atoms with E-state index in [1.165, 1.54) is 0 Å². The minimum Gasteiger partial charge on any atom is -0.494 e. The van der Waals surface area contributed by atoms with Crippen LogP contribution in [-0.4, -0.2) is 22.1 Å². The average molecular weight is 513 g/mol. The maximum absolute atomic E-state index is 13.5. The van der Waals surface area contributed by atoms with Crippen molar-refractivity contribution in [3.8, 4) is 16.9 Å². The Hall–Kier alpha value is -2.37. The fourth-order valence-electron chi connectivity index (χ4n) is 3.32. The summed E-state index contributed by atoms with van der Waals surface area (Å²) >= 11 is 7.02. The Labute approximate surface area is 186 Å². The van der Waals surface area contributed by atoms with Crippen LogP contribution in [0.15, 0.2) is 83.5 Å². The molecule has 0 amide bonds. The lowest BCUT2D eigenvalue weighted by Crippen LogP contribution is -2.07. The molecule has 4 rings (SSSR count).